The van der Waals surface area contributed by atoms with Crippen LogP contribution in [0.15, 0.2) is 77.7 Å². The lowest BCUT2D eigenvalue weighted by atomic mass is 10.1. The van der Waals surface area contributed by atoms with E-state index in [0.29, 0.717) is 17.0 Å². The normalized spacial score (nSPS) is 12.0. The maximum Gasteiger partial charge on any atom is 0.339 e. The lowest BCUT2D eigenvalue weighted by Crippen LogP contribution is -2.40. The Morgan fingerprint density at radius 3 is 2.32 bits per heavy atom. The van der Waals surface area contributed by atoms with Crippen molar-refractivity contribution < 1.29 is 26.5 Å². The first-order valence-corrected chi connectivity index (χ1v) is 12.1. The molecule has 9 heteroatoms. The zero-order valence-corrected chi connectivity index (χ0v) is 20.0. The van der Waals surface area contributed by atoms with E-state index in [1.165, 1.54) is 6.07 Å². The summed E-state index contributed by atoms with van der Waals surface area (Å²) in [6.45, 7) is 4.16. The summed E-state index contributed by atoms with van der Waals surface area (Å²) in [5.41, 5.74) is 1.32. The Kier molecular flexibility index (Phi) is 8.12. The molecule has 3 aromatic rings. The van der Waals surface area contributed by atoms with Crippen molar-refractivity contribution in [1.82, 2.24) is 4.90 Å². The summed E-state index contributed by atoms with van der Waals surface area (Å²) in [7, 11) is -2.56. The summed E-state index contributed by atoms with van der Waals surface area (Å²) in [6.07, 6.45) is 0.727. The van der Waals surface area contributed by atoms with E-state index < -0.39 is 15.9 Å². The number of urea groups is 1. The molecule has 0 aliphatic heterocycles. The van der Waals surface area contributed by atoms with Crippen LogP contribution in [0.25, 0.3) is 0 Å². The molecule has 0 aromatic heterocycles. The van der Waals surface area contributed by atoms with Gasteiger partial charge in [0.15, 0.2) is 0 Å². The topological polar surface area (TPSA) is 84.9 Å². The minimum absolute atomic E-state index is 0.0780. The van der Waals surface area contributed by atoms with E-state index in [2.05, 4.69) is 5.32 Å². The quantitative estimate of drug-likeness (QED) is 0.408. The van der Waals surface area contributed by atoms with E-state index in [-0.39, 0.29) is 29.3 Å². The molecule has 0 saturated heterocycles. The van der Waals surface area contributed by atoms with Crippen LogP contribution in [0.2, 0.25) is 0 Å². The molecule has 34 heavy (non-hydrogen) atoms. The Balaban J connectivity index is 1.76. The molecule has 0 bridgehead atoms. The lowest BCUT2D eigenvalue weighted by Gasteiger charge is -2.29. The van der Waals surface area contributed by atoms with Crippen LogP contribution in [0.4, 0.5) is 14.9 Å². The second-order valence-electron chi connectivity index (χ2n) is 7.68. The van der Waals surface area contributed by atoms with E-state index in [4.69, 9.17) is 8.92 Å². The van der Waals surface area contributed by atoms with Crippen molar-refractivity contribution in [2.75, 3.05) is 12.4 Å². The van der Waals surface area contributed by atoms with Crippen LogP contribution >= 0.6 is 0 Å². The molecule has 180 valence electrons. The van der Waals surface area contributed by atoms with Crippen molar-refractivity contribution in [3.63, 3.8) is 0 Å². The number of nitrogens with zero attached hydrogens (tertiary/aromatic N) is 1. The van der Waals surface area contributed by atoms with E-state index in [9.17, 15) is 17.6 Å². The predicted octanol–water partition coefficient (Wildman–Crippen LogP) is 5.43. The van der Waals surface area contributed by atoms with Gasteiger partial charge >= 0.3 is 16.1 Å². The van der Waals surface area contributed by atoms with Crippen molar-refractivity contribution >= 4 is 21.8 Å². The van der Waals surface area contributed by atoms with E-state index in [1.807, 2.05) is 13.8 Å². The number of halogens is 1. The molecule has 3 rings (SSSR count). The van der Waals surface area contributed by atoms with Gasteiger partial charge in [-0.25, -0.2) is 9.18 Å². The number of hydrogen-bond donors (Lipinski definition) is 1. The van der Waals surface area contributed by atoms with Crippen LogP contribution in [0.3, 0.4) is 0 Å². The van der Waals surface area contributed by atoms with Gasteiger partial charge in [0.1, 0.15) is 22.2 Å². The Bertz CT molecular complexity index is 1210. The maximum absolute atomic E-state index is 13.1. The summed E-state index contributed by atoms with van der Waals surface area (Å²) in [5.74, 6) is 0.240. The first kappa shape index (κ1) is 25.0. The first-order chi connectivity index (χ1) is 16.2. The third-order valence-electron chi connectivity index (χ3n) is 5.28. The van der Waals surface area contributed by atoms with E-state index in [1.54, 1.807) is 54.5 Å². The van der Waals surface area contributed by atoms with Crippen LogP contribution in [0, 0.1) is 5.82 Å². The molecule has 0 saturated carbocycles. The zero-order chi connectivity index (χ0) is 24.7. The van der Waals surface area contributed by atoms with Gasteiger partial charge in [-0.3, -0.25) is 0 Å². The molecular weight excluding hydrogens is 459 g/mol. The highest BCUT2D eigenvalue weighted by atomic mass is 32.2. The third-order valence-corrected chi connectivity index (χ3v) is 6.55. The van der Waals surface area contributed by atoms with Gasteiger partial charge < -0.3 is 19.1 Å². The van der Waals surface area contributed by atoms with Crippen molar-refractivity contribution in [1.29, 1.82) is 0 Å². The third kappa shape index (κ3) is 6.48. The molecule has 1 unspecified atom stereocenters. The van der Waals surface area contributed by atoms with Crippen LogP contribution in [0.5, 0.6) is 11.5 Å². The van der Waals surface area contributed by atoms with Crippen molar-refractivity contribution in [2.45, 2.75) is 37.8 Å². The fourth-order valence-corrected chi connectivity index (χ4v) is 4.11. The lowest BCUT2D eigenvalue weighted by molar-refractivity contribution is 0.187. The van der Waals surface area contributed by atoms with Crippen molar-refractivity contribution in [3.8, 4) is 11.5 Å². The summed E-state index contributed by atoms with van der Waals surface area (Å²) >= 11 is 0. The van der Waals surface area contributed by atoms with Gasteiger partial charge in [-0.05, 0) is 79.6 Å². The molecule has 0 aliphatic rings. The molecule has 0 spiro atoms. The predicted molar refractivity (Wildman–Crippen MR) is 128 cm³/mol. The Morgan fingerprint density at radius 2 is 1.71 bits per heavy atom. The van der Waals surface area contributed by atoms with Crippen molar-refractivity contribution in [2.24, 2.45) is 0 Å². The van der Waals surface area contributed by atoms with Crippen LogP contribution in [0.1, 0.15) is 25.8 Å². The number of anilines is 1. The number of amides is 2. The number of ether oxygens (including phenoxy) is 1. The molecule has 0 heterocycles. The van der Waals surface area contributed by atoms with E-state index in [0.717, 1.165) is 30.7 Å². The number of rotatable bonds is 9. The summed E-state index contributed by atoms with van der Waals surface area (Å²) < 4.78 is 48.6. The standard InChI is InChI=1S/C25H27FN2O5S/c1-4-18(2)28(25(29)27-21-10-12-22(32-3)13-11-21)17-19-6-5-7-23(16-19)33-34(30,31)24-14-8-20(26)9-15-24/h5-16,18H,4,17H2,1-3H3,(H,27,29). The Labute approximate surface area is 199 Å². The second kappa shape index (κ2) is 11.0. The highest BCUT2D eigenvalue weighted by Gasteiger charge is 2.21. The highest BCUT2D eigenvalue weighted by Crippen LogP contribution is 2.23. The minimum atomic E-state index is -4.13. The van der Waals surface area contributed by atoms with E-state index >= 15 is 0 Å². The molecule has 1 N–H and O–H groups in total. The molecule has 0 radical (unpaired) electrons. The molecule has 0 fully saturated rings. The SMILES string of the molecule is CCC(C)N(Cc1cccc(OS(=O)(=O)c2ccc(F)cc2)c1)C(=O)Nc1ccc(OC)cc1. The van der Waals surface area contributed by atoms with Gasteiger partial charge in [0.05, 0.1) is 7.11 Å². The zero-order valence-electron chi connectivity index (χ0n) is 19.2. The first-order valence-electron chi connectivity index (χ1n) is 10.7. The number of methoxy groups -OCH3 is 1. The summed E-state index contributed by atoms with van der Waals surface area (Å²) in [5, 5.41) is 2.88. The number of benzene rings is 3. The van der Waals surface area contributed by atoms with Gasteiger partial charge in [0.2, 0.25) is 0 Å². The van der Waals surface area contributed by atoms with Gasteiger partial charge in [-0.2, -0.15) is 8.42 Å². The van der Waals surface area contributed by atoms with Gasteiger partial charge in [0.25, 0.3) is 0 Å². The van der Waals surface area contributed by atoms with Crippen LogP contribution < -0.4 is 14.2 Å². The Morgan fingerprint density at radius 1 is 1.03 bits per heavy atom. The van der Waals surface area contributed by atoms with Gasteiger partial charge in [-0.1, -0.05) is 19.1 Å². The highest BCUT2D eigenvalue weighted by molar-refractivity contribution is 7.87. The van der Waals surface area contributed by atoms with Crippen molar-refractivity contribution in [3.05, 3.63) is 84.2 Å². The monoisotopic (exact) mass is 486 g/mol. The maximum atomic E-state index is 13.1. The fourth-order valence-electron chi connectivity index (χ4n) is 3.19. The number of hydrogen-bond acceptors (Lipinski definition) is 5. The van der Waals surface area contributed by atoms with Gasteiger partial charge in [0, 0.05) is 18.3 Å². The number of carbonyl (C=O) groups excluding carboxylic acids is 1. The number of carbonyl (C=O) groups is 1. The summed E-state index contributed by atoms with van der Waals surface area (Å²) in [4.78, 5) is 14.5. The average molecular weight is 487 g/mol. The molecule has 1 atom stereocenters. The number of nitrogens with one attached hydrogen (secondary N) is 1. The van der Waals surface area contributed by atoms with Crippen LogP contribution in [-0.2, 0) is 16.7 Å². The van der Waals surface area contributed by atoms with Crippen LogP contribution in [-0.4, -0.2) is 32.5 Å². The second-order valence-corrected chi connectivity index (χ2v) is 9.23. The molecular formula is C25H27FN2O5S. The van der Waals surface area contributed by atoms with Gasteiger partial charge in [-0.15, -0.1) is 0 Å². The molecule has 7 nitrogen and oxygen atoms in total. The Hall–Kier alpha value is -3.59. The molecule has 3 aromatic carbocycles. The molecule has 2 amide bonds. The minimum Gasteiger partial charge on any atom is -0.497 e. The smallest absolute Gasteiger partial charge is 0.339 e. The average Bonchev–Trinajstić information content (AvgIpc) is 2.82. The fraction of sp³-hybridized carbons (Fsp3) is 0.240. The molecule has 0 aliphatic carbocycles. The summed E-state index contributed by atoms with van der Waals surface area (Å²) in [6, 6.07) is 17.6. The largest absolute Gasteiger partial charge is 0.497 e.